The Labute approximate surface area is 146 Å². The summed E-state index contributed by atoms with van der Waals surface area (Å²) in [6, 6.07) is 6.32. The third-order valence-corrected chi connectivity index (χ3v) is 4.67. The Morgan fingerprint density at radius 2 is 2.20 bits per heavy atom. The first-order valence-electron chi connectivity index (χ1n) is 8.68. The summed E-state index contributed by atoms with van der Waals surface area (Å²) in [6.45, 7) is 5.79. The molecule has 0 radical (unpaired) electrons. The molecular weight excluding hydrogens is 321 g/mol. The predicted octanol–water partition coefficient (Wildman–Crippen LogP) is 1.87. The fourth-order valence-corrected chi connectivity index (χ4v) is 3.09. The molecule has 0 aliphatic carbocycles. The molecular formula is C19H24FN3O2. The molecule has 134 valence electrons. The van der Waals surface area contributed by atoms with Gasteiger partial charge < -0.3 is 10.1 Å². The second-order valence-electron chi connectivity index (χ2n) is 7.04. The zero-order valence-corrected chi connectivity index (χ0v) is 14.6. The lowest BCUT2D eigenvalue weighted by Crippen LogP contribution is -2.41. The van der Waals surface area contributed by atoms with Crippen LogP contribution in [0.5, 0.6) is 0 Å². The number of aromatic nitrogens is 2. The van der Waals surface area contributed by atoms with Gasteiger partial charge in [0.2, 0.25) is 0 Å². The van der Waals surface area contributed by atoms with Gasteiger partial charge in [-0.2, -0.15) is 0 Å². The van der Waals surface area contributed by atoms with E-state index in [1.54, 1.807) is 6.07 Å². The number of hydrogen-bond donors (Lipinski definition) is 2. The number of β-amino-alcohol motifs (C(OH)–C–C–N with tert-alkyl or cyclic N) is 1. The number of benzene rings is 1. The lowest BCUT2D eigenvalue weighted by molar-refractivity contribution is 0.0704. The van der Waals surface area contributed by atoms with E-state index in [-0.39, 0.29) is 17.3 Å². The number of H-pyrrole nitrogens is 1. The largest absolute Gasteiger partial charge is 0.392 e. The van der Waals surface area contributed by atoms with Gasteiger partial charge in [0.15, 0.2) is 0 Å². The second-order valence-corrected chi connectivity index (χ2v) is 7.04. The van der Waals surface area contributed by atoms with Crippen LogP contribution >= 0.6 is 0 Å². The molecule has 1 aromatic heterocycles. The molecule has 25 heavy (non-hydrogen) atoms. The highest BCUT2D eigenvalue weighted by Gasteiger charge is 2.23. The van der Waals surface area contributed by atoms with E-state index >= 15 is 0 Å². The fourth-order valence-electron chi connectivity index (χ4n) is 3.09. The normalized spacial score (nSPS) is 16.0. The minimum absolute atomic E-state index is 0.139. The summed E-state index contributed by atoms with van der Waals surface area (Å²) in [5.74, 6) is 0.452. The average molecular weight is 345 g/mol. The maximum Gasteiger partial charge on any atom is 0.255 e. The summed E-state index contributed by atoms with van der Waals surface area (Å²) < 4.78 is 13.3. The zero-order chi connectivity index (χ0) is 18.0. The molecule has 2 N–H and O–H groups in total. The van der Waals surface area contributed by atoms with Crippen molar-refractivity contribution in [1.29, 1.82) is 0 Å². The van der Waals surface area contributed by atoms with Gasteiger partial charge in [-0.05, 0) is 23.6 Å². The summed E-state index contributed by atoms with van der Waals surface area (Å²) >= 11 is 0. The number of aliphatic hydroxyl groups is 1. The zero-order valence-electron chi connectivity index (χ0n) is 14.6. The van der Waals surface area contributed by atoms with E-state index in [9.17, 15) is 14.3 Å². The monoisotopic (exact) mass is 345 g/mol. The van der Waals surface area contributed by atoms with E-state index < -0.39 is 6.10 Å². The number of fused-ring (bicyclic) bond motifs is 1. The maximum absolute atomic E-state index is 13.3. The summed E-state index contributed by atoms with van der Waals surface area (Å²) in [7, 11) is 0. The van der Waals surface area contributed by atoms with Crippen LogP contribution in [0.1, 0.15) is 36.5 Å². The quantitative estimate of drug-likeness (QED) is 0.868. The van der Waals surface area contributed by atoms with Crippen molar-refractivity contribution in [2.24, 2.45) is 5.92 Å². The van der Waals surface area contributed by atoms with Gasteiger partial charge >= 0.3 is 0 Å². The molecule has 1 aromatic carbocycles. The molecule has 0 amide bonds. The van der Waals surface area contributed by atoms with Crippen LogP contribution in [0.4, 0.5) is 4.39 Å². The Kier molecular flexibility index (Phi) is 5.30. The van der Waals surface area contributed by atoms with Crippen LogP contribution in [0.2, 0.25) is 0 Å². The molecule has 5 nitrogen and oxygen atoms in total. The van der Waals surface area contributed by atoms with Gasteiger partial charge in [0.25, 0.3) is 5.56 Å². The van der Waals surface area contributed by atoms with E-state index in [0.29, 0.717) is 37.3 Å². The highest BCUT2D eigenvalue weighted by Crippen LogP contribution is 2.16. The molecule has 0 saturated carbocycles. The molecule has 6 heteroatoms. The Morgan fingerprint density at radius 1 is 1.40 bits per heavy atom. The van der Waals surface area contributed by atoms with Crippen LogP contribution in [0.15, 0.2) is 29.1 Å². The van der Waals surface area contributed by atoms with Crippen LogP contribution < -0.4 is 5.56 Å². The first kappa shape index (κ1) is 17.8. The van der Waals surface area contributed by atoms with Gasteiger partial charge in [0.05, 0.1) is 17.4 Å². The summed E-state index contributed by atoms with van der Waals surface area (Å²) in [4.78, 5) is 21.9. The smallest absolute Gasteiger partial charge is 0.255 e. The number of nitrogens with zero attached hydrogens (tertiary/aromatic N) is 2. The van der Waals surface area contributed by atoms with Crippen molar-refractivity contribution in [1.82, 2.24) is 14.9 Å². The average Bonchev–Trinajstić information content (AvgIpc) is 2.55. The van der Waals surface area contributed by atoms with E-state index in [1.165, 1.54) is 12.1 Å². The molecule has 0 spiro atoms. The molecule has 0 unspecified atom stereocenters. The Morgan fingerprint density at radius 3 is 2.92 bits per heavy atom. The predicted molar refractivity (Wildman–Crippen MR) is 93.9 cm³/mol. The molecule has 3 rings (SSSR count). The third kappa shape index (κ3) is 4.32. The van der Waals surface area contributed by atoms with Crippen molar-refractivity contribution in [3.05, 3.63) is 63.1 Å². The lowest BCUT2D eigenvalue weighted by Gasteiger charge is -2.30. The van der Waals surface area contributed by atoms with Crippen molar-refractivity contribution < 1.29 is 9.50 Å². The summed E-state index contributed by atoms with van der Waals surface area (Å²) in [5, 5.41) is 10.1. The molecule has 2 aromatic rings. The second kappa shape index (κ2) is 7.45. The van der Waals surface area contributed by atoms with Crippen molar-refractivity contribution in [2.45, 2.75) is 39.3 Å². The van der Waals surface area contributed by atoms with E-state index in [0.717, 1.165) is 17.8 Å². The molecule has 1 aliphatic heterocycles. The maximum atomic E-state index is 13.3. The molecule has 0 bridgehead atoms. The van der Waals surface area contributed by atoms with Crippen LogP contribution in [-0.4, -0.2) is 39.2 Å². The molecule has 1 atom stereocenters. The SMILES string of the molecule is CC(C)[C@H](O)CN1CCc2nc(Cc3cccc(F)c3)[nH]c(=O)c2C1. The lowest BCUT2D eigenvalue weighted by atomic mass is 10.0. The van der Waals surface area contributed by atoms with Gasteiger partial charge in [0.1, 0.15) is 11.6 Å². The van der Waals surface area contributed by atoms with Crippen molar-refractivity contribution in [3.8, 4) is 0 Å². The van der Waals surface area contributed by atoms with Crippen molar-refractivity contribution in [2.75, 3.05) is 13.1 Å². The summed E-state index contributed by atoms with van der Waals surface area (Å²) in [5.41, 5.74) is 2.12. The first-order chi connectivity index (χ1) is 11.9. The summed E-state index contributed by atoms with van der Waals surface area (Å²) in [6.07, 6.45) is 0.678. The van der Waals surface area contributed by atoms with E-state index in [1.807, 2.05) is 19.9 Å². The highest BCUT2D eigenvalue weighted by atomic mass is 19.1. The minimum Gasteiger partial charge on any atom is -0.392 e. The van der Waals surface area contributed by atoms with Crippen LogP contribution in [0.3, 0.4) is 0 Å². The van der Waals surface area contributed by atoms with Gasteiger partial charge in [0, 0.05) is 32.5 Å². The van der Waals surface area contributed by atoms with Gasteiger partial charge in [-0.3, -0.25) is 9.69 Å². The van der Waals surface area contributed by atoms with Crippen molar-refractivity contribution in [3.63, 3.8) is 0 Å². The van der Waals surface area contributed by atoms with Crippen molar-refractivity contribution >= 4 is 0 Å². The van der Waals surface area contributed by atoms with Crippen LogP contribution in [0, 0.1) is 11.7 Å². The van der Waals surface area contributed by atoms with Gasteiger partial charge in [-0.25, -0.2) is 9.37 Å². The van der Waals surface area contributed by atoms with Gasteiger partial charge in [-0.15, -0.1) is 0 Å². The fraction of sp³-hybridized carbons (Fsp3) is 0.474. The van der Waals surface area contributed by atoms with Crippen LogP contribution in [-0.2, 0) is 19.4 Å². The molecule has 0 fully saturated rings. The number of rotatable bonds is 5. The molecule has 0 saturated heterocycles. The Bertz CT molecular complexity index is 803. The van der Waals surface area contributed by atoms with E-state index in [2.05, 4.69) is 14.9 Å². The number of halogens is 1. The van der Waals surface area contributed by atoms with Gasteiger partial charge in [-0.1, -0.05) is 26.0 Å². The molecule has 2 heterocycles. The number of hydrogen-bond acceptors (Lipinski definition) is 4. The number of aliphatic hydroxyl groups excluding tert-OH is 1. The molecule has 1 aliphatic rings. The topological polar surface area (TPSA) is 69.2 Å². The Balaban J connectivity index is 1.76. The third-order valence-electron chi connectivity index (χ3n) is 4.67. The highest BCUT2D eigenvalue weighted by molar-refractivity contribution is 5.24. The van der Waals surface area contributed by atoms with Crippen LogP contribution in [0.25, 0.3) is 0 Å². The number of nitrogens with one attached hydrogen (secondary N) is 1. The Hall–Kier alpha value is -2.05. The van der Waals surface area contributed by atoms with E-state index in [4.69, 9.17) is 0 Å². The number of aromatic amines is 1. The standard InChI is InChI=1S/C19H24FN3O2/c1-12(2)17(24)11-23-7-6-16-15(10-23)19(25)22-18(21-16)9-13-4-3-5-14(20)8-13/h3-5,8,12,17,24H,6-7,9-11H2,1-2H3,(H,21,22,25)/t17-/m1/s1. The first-order valence-corrected chi connectivity index (χ1v) is 8.68. The minimum atomic E-state index is -0.402.